The van der Waals surface area contributed by atoms with Crippen LogP contribution in [0, 0.1) is 0 Å². The van der Waals surface area contributed by atoms with Crippen molar-refractivity contribution in [1.82, 2.24) is 5.43 Å². The maximum absolute atomic E-state index is 10.5. The number of rotatable bonds is 5. The van der Waals surface area contributed by atoms with Crippen molar-refractivity contribution in [3.05, 3.63) is 0 Å². The van der Waals surface area contributed by atoms with Crippen molar-refractivity contribution in [3.8, 4) is 0 Å². The number of hydrogen-bond donors (Lipinski definition) is 3. The van der Waals surface area contributed by atoms with Gasteiger partial charge in [0, 0.05) is 12.8 Å². The molecule has 0 atom stereocenters. The highest BCUT2D eigenvalue weighted by molar-refractivity contribution is 7.75. The van der Waals surface area contributed by atoms with Gasteiger partial charge in [0.1, 0.15) is 7.73 Å². The Morgan fingerprint density at radius 3 is 3.45 bits per heavy atom. The summed E-state index contributed by atoms with van der Waals surface area (Å²) in [4.78, 5) is 10.5. The molecule has 0 aromatic carbocycles. The molecule has 0 aliphatic rings. The van der Waals surface area contributed by atoms with E-state index in [1.54, 1.807) is 0 Å². The van der Waals surface area contributed by atoms with Gasteiger partial charge in [-0.3, -0.25) is 0 Å². The van der Waals surface area contributed by atoms with Gasteiger partial charge in [-0.2, -0.15) is 0 Å². The Bertz CT molecular complexity index is 156. The predicted molar refractivity (Wildman–Crippen MR) is 40.1 cm³/mol. The van der Waals surface area contributed by atoms with E-state index in [-0.39, 0.29) is 13.2 Å². The standard InChI is InChI=1S/C4H8N2O4S/c7-1-2-9-4(8)6-5-3-10-11/h3,7,11H,1-2H2,(H,6,8)/i/hT. The van der Waals surface area contributed by atoms with Crippen molar-refractivity contribution >= 4 is 25.3 Å². The third-order valence-corrected chi connectivity index (χ3v) is 0.662. The summed E-state index contributed by atoms with van der Waals surface area (Å²) < 4.78 is 15.0. The number of carbonyl (C=O) groups is 1. The van der Waals surface area contributed by atoms with Crippen molar-refractivity contribution in [2.45, 2.75) is 0 Å². The van der Waals surface area contributed by atoms with E-state index in [2.05, 4.69) is 14.0 Å². The molecule has 0 heterocycles. The van der Waals surface area contributed by atoms with Gasteiger partial charge in [-0.15, -0.1) is 5.10 Å². The number of thiol groups is 1. The van der Waals surface area contributed by atoms with Gasteiger partial charge < -0.3 is 14.0 Å². The molecule has 0 rings (SSSR count). The molecule has 6 nitrogen and oxygen atoms in total. The normalized spacial score (nSPS) is 10.8. The van der Waals surface area contributed by atoms with Crippen LogP contribution in [-0.2, 0) is 8.92 Å². The molecule has 64 valence electrons. The number of nitrogens with zero attached hydrogens (tertiary/aromatic N) is 1. The summed E-state index contributed by atoms with van der Waals surface area (Å²) in [7, 11) is 0. The Labute approximate surface area is 69.9 Å². The van der Waals surface area contributed by atoms with E-state index in [1.807, 2.05) is 5.43 Å². The Morgan fingerprint density at radius 1 is 2.00 bits per heavy atom. The lowest BCUT2D eigenvalue weighted by Gasteiger charge is -1.98. The minimum absolute atomic E-state index is 0.0879. The first-order valence-corrected chi connectivity index (χ1v) is 2.98. The fourth-order valence-electron chi connectivity index (χ4n) is 0.271. The van der Waals surface area contributed by atoms with Crippen molar-refractivity contribution in [2.75, 3.05) is 13.2 Å². The fourth-order valence-corrected chi connectivity index (χ4v) is 0.314. The number of carbonyl (C=O) groups excluding carboxylic acids is 1. The van der Waals surface area contributed by atoms with E-state index in [0.29, 0.717) is 12.8 Å². The number of aliphatic hydroxyl groups excluding tert-OH is 1. The zero-order valence-electron chi connectivity index (χ0n) is 6.52. The first kappa shape index (κ1) is 8.15. The van der Waals surface area contributed by atoms with Crippen molar-refractivity contribution in [2.24, 2.45) is 5.10 Å². The summed E-state index contributed by atoms with van der Waals surface area (Å²) in [6.07, 6.45) is 0.0802. The number of ether oxygens (including phenoxy) is 1. The minimum Gasteiger partial charge on any atom is -0.446 e. The highest BCUT2D eigenvalue weighted by Crippen LogP contribution is 1.76. The van der Waals surface area contributed by atoms with Gasteiger partial charge in [0.05, 0.1) is 6.61 Å². The quantitative estimate of drug-likeness (QED) is 0.176. The van der Waals surface area contributed by atoms with Crippen molar-refractivity contribution in [1.29, 1.82) is 1.12 Å². The van der Waals surface area contributed by atoms with Gasteiger partial charge in [-0.05, 0) is 0 Å². The second-order valence-corrected chi connectivity index (χ2v) is 1.49. The van der Waals surface area contributed by atoms with Crippen LogP contribution >= 0.6 is 12.8 Å². The predicted octanol–water partition coefficient (Wildman–Crippen LogP) is -0.490. The van der Waals surface area contributed by atoms with Crippen LogP contribution in [-0.4, -0.2) is 31.9 Å². The maximum Gasteiger partial charge on any atom is 0.427 e. The molecule has 1 amide bonds. The number of hydrogen-bond acceptors (Lipinski definition) is 6. The molecule has 0 saturated carbocycles. The number of nitrogens with one attached hydrogen (secondary N) is 1. The first-order valence-electron chi connectivity index (χ1n) is 3.06. The number of hydrazone groups is 1. The summed E-state index contributed by atoms with van der Waals surface area (Å²) in [6, 6.07) is 0. The number of amides is 1. The van der Waals surface area contributed by atoms with Gasteiger partial charge in [0.2, 0.25) is 6.40 Å². The lowest BCUT2D eigenvalue weighted by atomic mass is 10.8. The van der Waals surface area contributed by atoms with Crippen LogP contribution in [0.25, 0.3) is 0 Å². The van der Waals surface area contributed by atoms with Crippen LogP contribution in [0.1, 0.15) is 0 Å². The van der Waals surface area contributed by atoms with Crippen LogP contribution in [0.4, 0.5) is 4.79 Å². The van der Waals surface area contributed by atoms with Crippen LogP contribution in [0.3, 0.4) is 0 Å². The second-order valence-electron chi connectivity index (χ2n) is 1.30. The Hall–Kier alpha value is -0.950. The topological polar surface area (TPSA) is 80.2 Å². The SMILES string of the molecule is [3H]SOC=NNC(=O)OCCO. The molecule has 0 radical (unpaired) electrons. The Balaban J connectivity index is 3.30. The highest BCUT2D eigenvalue weighted by atomic mass is 32.1. The molecule has 0 spiro atoms. The average Bonchev–Trinajstić information content (AvgIpc) is 2.09. The van der Waals surface area contributed by atoms with Gasteiger partial charge >= 0.3 is 6.09 Å². The van der Waals surface area contributed by atoms with Crippen molar-refractivity contribution < 1.29 is 18.8 Å². The summed E-state index contributed by atoms with van der Waals surface area (Å²) in [5.74, 6) is 0. The van der Waals surface area contributed by atoms with E-state index in [9.17, 15) is 4.79 Å². The lowest BCUT2D eigenvalue weighted by molar-refractivity contribution is 0.119. The third kappa shape index (κ3) is 6.94. The monoisotopic (exact) mass is 182 g/mol. The summed E-state index contributed by atoms with van der Waals surface area (Å²) >= 11 is 0.340. The molecule has 0 fully saturated rings. The Kier molecular flexibility index (Phi) is 5.30. The summed E-state index contributed by atoms with van der Waals surface area (Å²) in [5.41, 5.74) is 1.93. The average molecular weight is 182 g/mol. The molecule has 0 aliphatic heterocycles. The largest absolute Gasteiger partial charge is 0.446 e. The third-order valence-electron chi connectivity index (χ3n) is 0.576. The zero-order chi connectivity index (χ0) is 9.23. The van der Waals surface area contributed by atoms with E-state index < -0.39 is 6.09 Å². The highest BCUT2D eigenvalue weighted by Gasteiger charge is 1.96. The molecule has 7 heteroatoms. The molecule has 0 aliphatic carbocycles. The fraction of sp³-hybridized carbons (Fsp3) is 0.500. The lowest BCUT2D eigenvalue weighted by Crippen LogP contribution is -2.20. The van der Waals surface area contributed by atoms with Crippen molar-refractivity contribution in [3.63, 3.8) is 0 Å². The van der Waals surface area contributed by atoms with Gasteiger partial charge in [-0.25, -0.2) is 10.2 Å². The minimum atomic E-state index is -0.793. The Morgan fingerprint density at radius 2 is 2.82 bits per heavy atom. The van der Waals surface area contributed by atoms with Crippen LogP contribution in [0.5, 0.6) is 0 Å². The van der Waals surface area contributed by atoms with Crippen LogP contribution in [0.15, 0.2) is 5.10 Å². The van der Waals surface area contributed by atoms with Crippen LogP contribution < -0.4 is 5.43 Å². The molecule has 2 N–H and O–H groups in total. The molecule has 0 saturated heterocycles. The second kappa shape index (κ2) is 7.16. The smallest absolute Gasteiger partial charge is 0.427 e. The first-order chi connectivity index (χ1) is 5.81. The molecule has 0 bridgehead atoms. The van der Waals surface area contributed by atoms with E-state index >= 15 is 0 Å². The molecule has 0 aromatic heterocycles. The molecule has 0 aromatic rings. The van der Waals surface area contributed by atoms with Gasteiger partial charge in [-0.1, -0.05) is 0 Å². The van der Waals surface area contributed by atoms with E-state index in [1.165, 1.54) is 0 Å². The van der Waals surface area contributed by atoms with E-state index in [4.69, 9.17) is 6.23 Å². The molecule has 11 heavy (non-hydrogen) atoms. The van der Waals surface area contributed by atoms with E-state index in [0.717, 1.165) is 6.40 Å². The number of aliphatic hydroxyl groups is 1. The van der Waals surface area contributed by atoms with Crippen LogP contribution in [0.2, 0.25) is 0 Å². The summed E-state index contributed by atoms with van der Waals surface area (Å²) in [5, 5.41) is 11.4. The molecule has 0 unspecified atom stereocenters. The summed E-state index contributed by atoms with van der Waals surface area (Å²) in [6.45, 7) is -0.328. The molecular formula is C4H8N2O4S. The maximum atomic E-state index is 10.5. The zero-order valence-corrected chi connectivity index (χ0v) is 6.34. The van der Waals surface area contributed by atoms with Gasteiger partial charge in [0.25, 0.3) is 0 Å². The van der Waals surface area contributed by atoms with Gasteiger partial charge in [0.15, 0.2) is 0 Å². The molecular weight excluding hydrogens is 172 g/mol.